The average Bonchev–Trinajstić information content (AvgIpc) is 3.26. The fourth-order valence-corrected chi connectivity index (χ4v) is 3.73. The van der Waals surface area contributed by atoms with Crippen molar-refractivity contribution in [3.63, 3.8) is 0 Å². The van der Waals surface area contributed by atoms with E-state index in [-0.39, 0.29) is 30.0 Å². The molecule has 2 aliphatic rings. The molecule has 0 unspecified atom stereocenters. The predicted octanol–water partition coefficient (Wildman–Crippen LogP) is 2.30. The summed E-state index contributed by atoms with van der Waals surface area (Å²) in [5.74, 6) is -5.49. The van der Waals surface area contributed by atoms with Crippen LogP contribution in [-0.4, -0.2) is 63.7 Å². The molecule has 2 amide bonds. The number of benzene rings is 1. The third-order valence-electron chi connectivity index (χ3n) is 5.11. The van der Waals surface area contributed by atoms with Crippen LogP contribution >= 0.6 is 11.7 Å². The summed E-state index contributed by atoms with van der Waals surface area (Å²) in [6.07, 6.45) is -0.197. The van der Waals surface area contributed by atoms with Crippen LogP contribution in [0, 0.1) is 17.6 Å². The van der Waals surface area contributed by atoms with Crippen LogP contribution in [0.3, 0.4) is 0 Å². The molecule has 1 aromatic heterocycles. The van der Waals surface area contributed by atoms with Crippen molar-refractivity contribution in [1.82, 2.24) is 13.6 Å². The van der Waals surface area contributed by atoms with Gasteiger partial charge in [-0.2, -0.15) is 8.75 Å². The number of amides is 2. The molecule has 0 bridgehead atoms. The highest BCUT2D eigenvalue weighted by atomic mass is 32.1. The molecule has 32 heavy (non-hydrogen) atoms. The molecule has 1 aromatic carbocycles. The normalized spacial score (nSPS) is 19.8. The summed E-state index contributed by atoms with van der Waals surface area (Å²) in [4.78, 5) is 24.8. The Kier molecular flexibility index (Phi) is 6.86. The fourth-order valence-electron chi connectivity index (χ4n) is 3.15. The van der Waals surface area contributed by atoms with Crippen molar-refractivity contribution < 1.29 is 31.9 Å². The summed E-state index contributed by atoms with van der Waals surface area (Å²) >= 11 is 0.906. The van der Waals surface area contributed by atoms with Crippen LogP contribution < -0.4 is 15.4 Å². The summed E-state index contributed by atoms with van der Waals surface area (Å²) < 4.78 is 64.7. The summed E-state index contributed by atoms with van der Waals surface area (Å²) in [7, 11) is 0. The molecule has 0 saturated carbocycles. The lowest BCUT2D eigenvalue weighted by atomic mass is 10.1. The van der Waals surface area contributed by atoms with Gasteiger partial charge >= 0.3 is 0 Å². The molecule has 1 atom stereocenters. The standard InChI is InChI=1S/C12H10F2N4O2S.C7H11F2NO/c13-8-2-1-6(3-9(8)14)20-7-4-18(5-7)12-10(11(15)19)16-21-17-12;1-5-3-10(6(2)11)4-7(5,8)9/h1-3,7H,4-5H2,(H2,15,19);5H,3-4H2,1-2H3/t;5-/m.1/s1. The number of halogens is 4. The van der Waals surface area contributed by atoms with Crippen LogP contribution in [0.1, 0.15) is 24.3 Å². The first-order chi connectivity index (χ1) is 15.0. The molecule has 4 rings (SSSR count). The van der Waals surface area contributed by atoms with Crippen LogP contribution in [-0.2, 0) is 4.79 Å². The molecule has 2 aromatic rings. The number of nitrogens with zero attached hydrogens (tertiary/aromatic N) is 4. The van der Waals surface area contributed by atoms with Gasteiger partial charge < -0.3 is 20.3 Å². The minimum atomic E-state index is -2.69. The zero-order valence-electron chi connectivity index (χ0n) is 17.2. The van der Waals surface area contributed by atoms with Gasteiger partial charge in [0.05, 0.1) is 31.4 Å². The molecule has 0 spiro atoms. The smallest absolute Gasteiger partial charge is 0.272 e. The summed E-state index contributed by atoms with van der Waals surface area (Å²) in [6, 6.07) is 3.37. The Hall–Kier alpha value is -2.96. The minimum Gasteiger partial charge on any atom is -0.487 e. The zero-order valence-corrected chi connectivity index (χ0v) is 18.0. The zero-order chi connectivity index (χ0) is 23.6. The van der Waals surface area contributed by atoms with Crippen LogP contribution in [0.4, 0.5) is 23.4 Å². The maximum absolute atomic E-state index is 13.1. The van der Waals surface area contributed by atoms with E-state index in [0.717, 1.165) is 23.9 Å². The van der Waals surface area contributed by atoms with Crippen molar-refractivity contribution in [1.29, 1.82) is 0 Å². The van der Waals surface area contributed by atoms with Gasteiger partial charge in [-0.15, -0.1) is 0 Å². The van der Waals surface area contributed by atoms with E-state index in [0.29, 0.717) is 18.9 Å². The highest BCUT2D eigenvalue weighted by molar-refractivity contribution is 6.99. The van der Waals surface area contributed by atoms with E-state index in [1.807, 2.05) is 0 Å². The van der Waals surface area contributed by atoms with E-state index in [1.54, 1.807) is 4.90 Å². The number of hydrogen-bond donors (Lipinski definition) is 1. The number of ether oxygens (including phenoxy) is 1. The number of aromatic nitrogens is 2. The van der Waals surface area contributed by atoms with Crippen LogP contribution in [0.25, 0.3) is 0 Å². The molecule has 2 saturated heterocycles. The van der Waals surface area contributed by atoms with E-state index < -0.39 is 35.9 Å². The van der Waals surface area contributed by atoms with Crippen molar-refractivity contribution in [3.8, 4) is 5.75 Å². The topological polar surface area (TPSA) is 102 Å². The number of anilines is 1. The number of hydrogen-bond acceptors (Lipinski definition) is 7. The lowest BCUT2D eigenvalue weighted by Crippen LogP contribution is -2.54. The van der Waals surface area contributed by atoms with Gasteiger partial charge in [0.15, 0.2) is 23.1 Å². The van der Waals surface area contributed by atoms with Crippen molar-refractivity contribution >= 4 is 29.4 Å². The van der Waals surface area contributed by atoms with Crippen LogP contribution in [0.15, 0.2) is 18.2 Å². The van der Waals surface area contributed by atoms with E-state index in [9.17, 15) is 27.2 Å². The van der Waals surface area contributed by atoms with Gasteiger partial charge in [0.1, 0.15) is 11.9 Å². The third-order valence-corrected chi connectivity index (χ3v) is 5.63. The second-order valence-corrected chi connectivity index (χ2v) is 8.11. The quantitative estimate of drug-likeness (QED) is 0.681. The molecule has 0 aliphatic carbocycles. The van der Waals surface area contributed by atoms with Gasteiger partial charge in [0.2, 0.25) is 5.91 Å². The third kappa shape index (κ3) is 5.26. The number of rotatable bonds is 4. The summed E-state index contributed by atoms with van der Waals surface area (Å²) in [6.45, 7) is 3.47. The lowest BCUT2D eigenvalue weighted by Gasteiger charge is -2.39. The Bertz CT molecular complexity index is 999. The van der Waals surface area contributed by atoms with Gasteiger partial charge in [0.25, 0.3) is 11.8 Å². The molecule has 3 heterocycles. The minimum absolute atomic E-state index is 0.131. The highest BCUT2D eigenvalue weighted by Gasteiger charge is 2.46. The number of primary amides is 1. The number of carbonyl (C=O) groups is 2. The van der Waals surface area contributed by atoms with E-state index >= 15 is 0 Å². The Morgan fingerprint density at radius 2 is 1.88 bits per heavy atom. The van der Waals surface area contributed by atoms with Crippen LogP contribution in [0.5, 0.6) is 5.75 Å². The Labute approximate surface area is 185 Å². The van der Waals surface area contributed by atoms with Gasteiger partial charge in [-0.1, -0.05) is 6.92 Å². The molecular weight excluding hydrogens is 454 g/mol. The number of carbonyl (C=O) groups excluding carboxylic acids is 2. The molecule has 174 valence electrons. The summed E-state index contributed by atoms with van der Waals surface area (Å²) in [5.41, 5.74) is 5.33. The van der Waals surface area contributed by atoms with Crippen molar-refractivity contribution in [2.24, 2.45) is 11.7 Å². The van der Waals surface area contributed by atoms with Gasteiger partial charge in [0, 0.05) is 25.5 Å². The second-order valence-electron chi connectivity index (χ2n) is 7.58. The first-order valence-electron chi connectivity index (χ1n) is 9.60. The predicted molar refractivity (Wildman–Crippen MR) is 108 cm³/mol. The summed E-state index contributed by atoms with van der Waals surface area (Å²) in [5, 5.41) is 0. The number of likely N-dealkylation sites (tertiary alicyclic amines) is 1. The number of alkyl halides is 2. The SMILES string of the molecule is CC(=O)N1C[C@@H](C)C(F)(F)C1.NC(=O)c1nsnc1N1CC(Oc2ccc(F)c(F)c2)C1. The van der Waals surface area contributed by atoms with Crippen molar-refractivity contribution in [2.45, 2.75) is 25.9 Å². The molecule has 13 heteroatoms. The van der Waals surface area contributed by atoms with Gasteiger partial charge in [-0.25, -0.2) is 17.6 Å². The fraction of sp³-hybridized carbons (Fsp3) is 0.474. The Balaban J connectivity index is 0.000000222. The first kappa shape index (κ1) is 23.7. The molecular formula is C19H21F4N5O3S. The molecule has 8 nitrogen and oxygen atoms in total. The van der Waals surface area contributed by atoms with Crippen molar-refractivity contribution in [2.75, 3.05) is 31.1 Å². The molecule has 2 N–H and O–H groups in total. The highest BCUT2D eigenvalue weighted by Crippen LogP contribution is 2.32. The largest absolute Gasteiger partial charge is 0.487 e. The molecule has 2 fully saturated rings. The van der Waals surface area contributed by atoms with E-state index in [1.165, 1.54) is 24.8 Å². The van der Waals surface area contributed by atoms with Crippen LogP contribution in [0.2, 0.25) is 0 Å². The second kappa shape index (κ2) is 9.27. The van der Waals surface area contributed by atoms with E-state index in [2.05, 4.69) is 8.75 Å². The van der Waals surface area contributed by atoms with Gasteiger partial charge in [-0.05, 0) is 12.1 Å². The number of nitrogens with two attached hydrogens (primary N) is 1. The monoisotopic (exact) mass is 475 g/mol. The average molecular weight is 475 g/mol. The maximum atomic E-state index is 13.1. The molecule has 0 radical (unpaired) electrons. The molecule has 2 aliphatic heterocycles. The Morgan fingerprint density at radius 3 is 2.38 bits per heavy atom. The maximum Gasteiger partial charge on any atom is 0.272 e. The first-order valence-corrected chi connectivity index (χ1v) is 10.3. The van der Waals surface area contributed by atoms with Gasteiger partial charge in [-0.3, -0.25) is 9.59 Å². The lowest BCUT2D eigenvalue weighted by molar-refractivity contribution is -0.129. The Morgan fingerprint density at radius 1 is 1.19 bits per heavy atom. The van der Waals surface area contributed by atoms with Crippen molar-refractivity contribution in [3.05, 3.63) is 35.5 Å². The van der Waals surface area contributed by atoms with E-state index in [4.69, 9.17) is 10.5 Å².